The number of benzene rings is 1. The Labute approximate surface area is 129 Å². The molecule has 0 saturated carbocycles. The zero-order valence-corrected chi connectivity index (χ0v) is 12.9. The van der Waals surface area contributed by atoms with Crippen molar-refractivity contribution in [3.8, 4) is 5.75 Å². The van der Waals surface area contributed by atoms with Gasteiger partial charge in [0.15, 0.2) is 6.61 Å². The lowest BCUT2D eigenvalue weighted by molar-refractivity contribution is 0.0818. The van der Waals surface area contributed by atoms with Crippen LogP contribution in [0.1, 0.15) is 21.7 Å². The van der Waals surface area contributed by atoms with Crippen molar-refractivity contribution in [2.45, 2.75) is 20.3 Å². The van der Waals surface area contributed by atoms with Crippen LogP contribution in [0.2, 0.25) is 5.02 Å². The molecule has 2 aromatic rings. The molecule has 1 heterocycles. The van der Waals surface area contributed by atoms with Crippen LogP contribution in [0.25, 0.3) is 0 Å². The highest BCUT2D eigenvalue weighted by Crippen LogP contribution is 2.17. The third kappa shape index (κ3) is 3.52. The standard InChI is InChI=1S/C16H17ClN2O2/c1-4-5-15-11(2)18-19(12(15)3)16(20)10-21-14-8-6-13(17)7-9-14/h4,6-9H,1,5,10H2,2-3H3. The zero-order valence-electron chi connectivity index (χ0n) is 12.1. The second-order valence-electron chi connectivity index (χ2n) is 4.69. The van der Waals surface area contributed by atoms with Crippen molar-refractivity contribution in [2.75, 3.05) is 6.61 Å². The van der Waals surface area contributed by atoms with Crippen LogP contribution in [0, 0.1) is 13.8 Å². The SMILES string of the molecule is C=CCc1c(C)nn(C(=O)COc2ccc(Cl)cc2)c1C. The molecular formula is C16H17ClN2O2. The minimum Gasteiger partial charge on any atom is -0.484 e. The number of allylic oxidation sites excluding steroid dienone is 1. The minimum absolute atomic E-state index is 0.0723. The summed E-state index contributed by atoms with van der Waals surface area (Å²) in [6.07, 6.45) is 2.50. The predicted octanol–water partition coefficient (Wildman–Crippen LogP) is 3.60. The monoisotopic (exact) mass is 304 g/mol. The number of ether oxygens (including phenoxy) is 1. The van der Waals surface area contributed by atoms with Gasteiger partial charge in [-0.15, -0.1) is 6.58 Å². The van der Waals surface area contributed by atoms with Gasteiger partial charge in [0.1, 0.15) is 5.75 Å². The van der Waals surface area contributed by atoms with Crippen molar-refractivity contribution >= 4 is 17.5 Å². The van der Waals surface area contributed by atoms with Crippen LogP contribution in [-0.2, 0) is 6.42 Å². The molecule has 1 aromatic heterocycles. The van der Waals surface area contributed by atoms with Crippen molar-refractivity contribution in [1.29, 1.82) is 0 Å². The molecule has 0 N–H and O–H groups in total. The van der Waals surface area contributed by atoms with Crippen LogP contribution in [0.4, 0.5) is 0 Å². The third-order valence-electron chi connectivity index (χ3n) is 3.20. The van der Waals surface area contributed by atoms with Gasteiger partial charge in [0, 0.05) is 16.3 Å². The number of halogens is 1. The first-order valence-electron chi connectivity index (χ1n) is 6.60. The van der Waals surface area contributed by atoms with E-state index < -0.39 is 0 Å². The highest BCUT2D eigenvalue weighted by atomic mass is 35.5. The van der Waals surface area contributed by atoms with Crippen LogP contribution in [-0.4, -0.2) is 22.3 Å². The molecule has 0 fully saturated rings. The van der Waals surface area contributed by atoms with Gasteiger partial charge < -0.3 is 4.74 Å². The van der Waals surface area contributed by atoms with Gasteiger partial charge in [0.05, 0.1) is 5.69 Å². The summed E-state index contributed by atoms with van der Waals surface area (Å²) in [4.78, 5) is 12.2. The maximum absolute atomic E-state index is 12.2. The average molecular weight is 305 g/mol. The second-order valence-corrected chi connectivity index (χ2v) is 5.13. The van der Waals surface area contributed by atoms with E-state index in [4.69, 9.17) is 16.3 Å². The van der Waals surface area contributed by atoms with Gasteiger partial charge in [-0.1, -0.05) is 17.7 Å². The molecule has 4 nitrogen and oxygen atoms in total. The maximum Gasteiger partial charge on any atom is 0.284 e. The lowest BCUT2D eigenvalue weighted by Crippen LogP contribution is -2.21. The molecule has 0 bridgehead atoms. The number of aryl methyl sites for hydroxylation is 1. The summed E-state index contributed by atoms with van der Waals surface area (Å²) in [5.74, 6) is 0.390. The summed E-state index contributed by atoms with van der Waals surface area (Å²) in [7, 11) is 0. The Hall–Kier alpha value is -2.07. The Balaban J connectivity index is 2.08. The minimum atomic E-state index is -0.208. The molecule has 0 spiro atoms. The van der Waals surface area contributed by atoms with Crippen LogP contribution in [0.5, 0.6) is 5.75 Å². The number of hydrogen-bond donors (Lipinski definition) is 0. The molecule has 110 valence electrons. The maximum atomic E-state index is 12.2. The Morgan fingerprint density at radius 1 is 1.38 bits per heavy atom. The second kappa shape index (κ2) is 6.59. The van der Waals surface area contributed by atoms with Crippen molar-refractivity contribution in [3.05, 3.63) is 58.9 Å². The van der Waals surface area contributed by atoms with E-state index in [1.54, 1.807) is 30.3 Å². The molecule has 2 rings (SSSR count). The lowest BCUT2D eigenvalue weighted by atomic mass is 10.1. The zero-order chi connectivity index (χ0) is 15.4. The molecule has 5 heteroatoms. The molecule has 0 aliphatic carbocycles. The molecule has 21 heavy (non-hydrogen) atoms. The van der Waals surface area contributed by atoms with E-state index in [9.17, 15) is 4.79 Å². The smallest absolute Gasteiger partial charge is 0.284 e. The Morgan fingerprint density at radius 2 is 2.05 bits per heavy atom. The first-order valence-corrected chi connectivity index (χ1v) is 6.98. The highest BCUT2D eigenvalue weighted by Gasteiger charge is 2.16. The van der Waals surface area contributed by atoms with Gasteiger partial charge in [0.25, 0.3) is 5.91 Å². The highest BCUT2D eigenvalue weighted by molar-refractivity contribution is 6.30. The summed E-state index contributed by atoms with van der Waals surface area (Å²) in [6.45, 7) is 7.40. The topological polar surface area (TPSA) is 44.1 Å². The van der Waals surface area contributed by atoms with Gasteiger partial charge in [-0.2, -0.15) is 5.10 Å². The van der Waals surface area contributed by atoms with E-state index in [-0.39, 0.29) is 12.5 Å². The summed E-state index contributed by atoms with van der Waals surface area (Å²) in [5.41, 5.74) is 2.70. The van der Waals surface area contributed by atoms with Crippen molar-refractivity contribution in [3.63, 3.8) is 0 Å². The molecule has 0 aliphatic heterocycles. The Morgan fingerprint density at radius 3 is 2.67 bits per heavy atom. The van der Waals surface area contributed by atoms with E-state index in [1.165, 1.54) is 4.68 Å². The number of aromatic nitrogens is 2. The summed E-state index contributed by atoms with van der Waals surface area (Å²) in [5, 5.41) is 4.90. The molecular weight excluding hydrogens is 288 g/mol. The van der Waals surface area contributed by atoms with Gasteiger partial charge >= 0.3 is 0 Å². The number of nitrogens with zero attached hydrogens (tertiary/aromatic N) is 2. The normalized spacial score (nSPS) is 10.4. The van der Waals surface area contributed by atoms with E-state index in [0.29, 0.717) is 17.2 Å². The molecule has 1 aromatic carbocycles. The van der Waals surface area contributed by atoms with Gasteiger partial charge in [0.2, 0.25) is 0 Å². The fraction of sp³-hybridized carbons (Fsp3) is 0.250. The fourth-order valence-electron chi connectivity index (χ4n) is 2.09. The van der Waals surface area contributed by atoms with Gasteiger partial charge in [-0.05, 0) is 44.5 Å². The first kappa shape index (κ1) is 15.3. The number of hydrogen-bond acceptors (Lipinski definition) is 3. The molecule has 0 radical (unpaired) electrons. The fourth-order valence-corrected chi connectivity index (χ4v) is 2.22. The Bertz CT molecular complexity index is 660. The quantitative estimate of drug-likeness (QED) is 0.793. The number of carbonyl (C=O) groups excluding carboxylic acids is 1. The summed E-state index contributed by atoms with van der Waals surface area (Å²) in [6, 6.07) is 6.87. The molecule has 0 unspecified atom stereocenters. The molecule has 0 aliphatic rings. The van der Waals surface area contributed by atoms with Crippen LogP contribution < -0.4 is 4.74 Å². The van der Waals surface area contributed by atoms with Crippen molar-refractivity contribution < 1.29 is 9.53 Å². The summed E-state index contributed by atoms with van der Waals surface area (Å²) < 4.78 is 6.85. The largest absolute Gasteiger partial charge is 0.484 e. The van der Waals surface area contributed by atoms with Crippen LogP contribution in [0.15, 0.2) is 36.9 Å². The van der Waals surface area contributed by atoms with E-state index in [2.05, 4.69) is 11.7 Å². The number of rotatable bonds is 5. The van der Waals surface area contributed by atoms with E-state index in [0.717, 1.165) is 17.0 Å². The summed E-state index contributed by atoms with van der Waals surface area (Å²) >= 11 is 5.80. The molecule has 0 amide bonds. The molecule has 0 atom stereocenters. The third-order valence-corrected chi connectivity index (χ3v) is 3.45. The van der Waals surface area contributed by atoms with Crippen molar-refractivity contribution in [1.82, 2.24) is 9.78 Å². The molecule has 0 saturated heterocycles. The van der Waals surface area contributed by atoms with Gasteiger partial charge in [-0.3, -0.25) is 4.79 Å². The van der Waals surface area contributed by atoms with Crippen LogP contribution in [0.3, 0.4) is 0 Å². The lowest BCUT2D eigenvalue weighted by Gasteiger charge is -2.07. The predicted molar refractivity (Wildman–Crippen MR) is 83.2 cm³/mol. The Kier molecular flexibility index (Phi) is 4.81. The van der Waals surface area contributed by atoms with Gasteiger partial charge in [-0.25, -0.2) is 4.68 Å². The average Bonchev–Trinajstić information content (AvgIpc) is 2.75. The van der Waals surface area contributed by atoms with E-state index in [1.807, 2.05) is 13.8 Å². The van der Waals surface area contributed by atoms with Crippen LogP contribution >= 0.6 is 11.6 Å². The van der Waals surface area contributed by atoms with E-state index >= 15 is 0 Å². The van der Waals surface area contributed by atoms with Crippen molar-refractivity contribution in [2.24, 2.45) is 0 Å². The number of carbonyl (C=O) groups is 1. The first-order chi connectivity index (χ1) is 10.0.